The Morgan fingerprint density at radius 2 is 1.82 bits per heavy atom. The largest absolute Gasteiger partial charge is 0.372 e. The van der Waals surface area contributed by atoms with E-state index in [4.69, 9.17) is 0 Å². The molecular weight excluding hydrogens is 416 g/mol. The van der Waals surface area contributed by atoms with Gasteiger partial charge in [-0.05, 0) is 56.2 Å². The van der Waals surface area contributed by atoms with E-state index in [1.807, 2.05) is 24.3 Å². The summed E-state index contributed by atoms with van der Waals surface area (Å²) in [5.41, 5.74) is 2.68. The van der Waals surface area contributed by atoms with Crippen LogP contribution < -0.4 is 10.5 Å². The summed E-state index contributed by atoms with van der Waals surface area (Å²) in [5, 5.41) is 5.04. The molecule has 1 aromatic heterocycles. The Labute approximate surface area is 173 Å². The highest BCUT2D eigenvalue weighted by atomic mass is 79.9. The van der Waals surface area contributed by atoms with Crippen LogP contribution in [-0.2, 0) is 6.42 Å². The Hall–Kier alpha value is -2.47. The number of anilines is 1. The molecule has 0 aliphatic rings. The summed E-state index contributed by atoms with van der Waals surface area (Å²) in [6.45, 7) is 8.30. The highest BCUT2D eigenvalue weighted by Crippen LogP contribution is 2.17. The lowest BCUT2D eigenvalue weighted by Gasteiger charge is -2.20. The summed E-state index contributed by atoms with van der Waals surface area (Å²) in [6, 6.07) is 13.8. The lowest BCUT2D eigenvalue weighted by Crippen LogP contribution is -2.22. The fraction of sp³-hybridized carbons (Fsp3) is 0.318. The van der Waals surface area contributed by atoms with Crippen molar-refractivity contribution in [3.63, 3.8) is 0 Å². The Bertz CT molecular complexity index is 1040. The first kappa shape index (κ1) is 20.3. The highest BCUT2D eigenvalue weighted by Gasteiger charge is 2.10. The number of hydrogen-bond acceptors (Lipinski definition) is 4. The zero-order chi connectivity index (χ0) is 20.1. The van der Waals surface area contributed by atoms with Crippen molar-refractivity contribution in [3.05, 3.63) is 68.7 Å². The van der Waals surface area contributed by atoms with Crippen LogP contribution in [0.2, 0.25) is 0 Å². The first-order valence-corrected chi connectivity index (χ1v) is 10.5. The number of hydrogen-bond donors (Lipinski definition) is 0. The smallest absolute Gasteiger partial charge is 0.282 e. The Kier molecular flexibility index (Phi) is 6.62. The van der Waals surface area contributed by atoms with Gasteiger partial charge in [-0.2, -0.15) is 9.78 Å². The minimum absolute atomic E-state index is 0.147. The second kappa shape index (κ2) is 9.15. The summed E-state index contributed by atoms with van der Waals surface area (Å²) < 4.78 is 2.28. The van der Waals surface area contributed by atoms with Gasteiger partial charge in [0.1, 0.15) is 5.82 Å². The van der Waals surface area contributed by atoms with Crippen molar-refractivity contribution in [1.29, 1.82) is 0 Å². The van der Waals surface area contributed by atoms with Crippen molar-refractivity contribution in [2.24, 2.45) is 5.10 Å². The maximum Gasteiger partial charge on any atom is 0.282 e. The van der Waals surface area contributed by atoms with Crippen LogP contribution >= 0.6 is 15.9 Å². The molecule has 0 amide bonds. The zero-order valence-corrected chi connectivity index (χ0v) is 18.1. The minimum atomic E-state index is -0.147. The number of fused-ring (bicyclic) bond motifs is 1. The van der Waals surface area contributed by atoms with Crippen LogP contribution in [0.3, 0.4) is 0 Å². The molecule has 0 atom stereocenters. The SMILES string of the molecule is CCCc1nc2ccc(Br)cc2c(=O)n1N=Cc1ccc(N(CC)CC)cc1. The topological polar surface area (TPSA) is 50.5 Å². The summed E-state index contributed by atoms with van der Waals surface area (Å²) in [6.07, 6.45) is 3.31. The molecule has 2 aromatic carbocycles. The van der Waals surface area contributed by atoms with Gasteiger partial charge in [-0.25, -0.2) is 4.98 Å². The van der Waals surface area contributed by atoms with Crippen molar-refractivity contribution >= 4 is 38.7 Å². The van der Waals surface area contributed by atoms with Crippen LogP contribution in [0, 0.1) is 0 Å². The number of nitrogens with zero attached hydrogens (tertiary/aromatic N) is 4. The Morgan fingerprint density at radius 1 is 1.11 bits per heavy atom. The van der Waals surface area contributed by atoms with Gasteiger partial charge in [0.25, 0.3) is 5.56 Å². The van der Waals surface area contributed by atoms with Gasteiger partial charge in [0, 0.05) is 29.7 Å². The fourth-order valence-corrected chi connectivity index (χ4v) is 3.54. The van der Waals surface area contributed by atoms with Crippen LogP contribution in [0.25, 0.3) is 10.9 Å². The number of benzene rings is 2. The van der Waals surface area contributed by atoms with E-state index in [2.05, 4.69) is 63.8 Å². The first-order valence-electron chi connectivity index (χ1n) is 9.67. The molecule has 0 radical (unpaired) electrons. The summed E-state index contributed by atoms with van der Waals surface area (Å²) >= 11 is 3.43. The van der Waals surface area contributed by atoms with Gasteiger partial charge in [-0.1, -0.05) is 35.0 Å². The van der Waals surface area contributed by atoms with Crippen molar-refractivity contribution in [1.82, 2.24) is 9.66 Å². The molecule has 3 aromatic rings. The molecule has 0 spiro atoms. The second-order valence-corrected chi connectivity index (χ2v) is 7.48. The predicted molar refractivity (Wildman–Crippen MR) is 121 cm³/mol. The predicted octanol–water partition coefficient (Wildman–Crippen LogP) is 4.84. The van der Waals surface area contributed by atoms with E-state index in [0.29, 0.717) is 23.1 Å². The first-order chi connectivity index (χ1) is 13.6. The quantitative estimate of drug-likeness (QED) is 0.493. The zero-order valence-electron chi connectivity index (χ0n) is 16.5. The lowest BCUT2D eigenvalue weighted by molar-refractivity contribution is 0.704. The maximum atomic E-state index is 13.0. The third-order valence-electron chi connectivity index (χ3n) is 4.69. The van der Waals surface area contributed by atoms with E-state index in [0.717, 1.165) is 29.5 Å². The van der Waals surface area contributed by atoms with Gasteiger partial charge in [0.05, 0.1) is 17.1 Å². The van der Waals surface area contributed by atoms with E-state index >= 15 is 0 Å². The van der Waals surface area contributed by atoms with Crippen LogP contribution in [0.15, 0.2) is 56.8 Å². The molecule has 3 rings (SSSR count). The summed E-state index contributed by atoms with van der Waals surface area (Å²) in [4.78, 5) is 19.9. The molecule has 6 heteroatoms. The number of aryl methyl sites for hydroxylation is 1. The van der Waals surface area contributed by atoms with E-state index < -0.39 is 0 Å². The second-order valence-electron chi connectivity index (χ2n) is 6.56. The molecule has 28 heavy (non-hydrogen) atoms. The Morgan fingerprint density at radius 3 is 2.46 bits per heavy atom. The number of halogens is 1. The minimum Gasteiger partial charge on any atom is -0.372 e. The van der Waals surface area contributed by atoms with Gasteiger partial charge in [0.2, 0.25) is 0 Å². The van der Waals surface area contributed by atoms with Crippen LogP contribution in [-0.4, -0.2) is 29.0 Å². The number of aromatic nitrogens is 2. The molecule has 0 saturated heterocycles. The van der Waals surface area contributed by atoms with Gasteiger partial charge in [-0.15, -0.1) is 0 Å². The van der Waals surface area contributed by atoms with Gasteiger partial charge < -0.3 is 4.90 Å². The van der Waals surface area contributed by atoms with Crippen molar-refractivity contribution in [2.45, 2.75) is 33.6 Å². The van der Waals surface area contributed by atoms with Gasteiger partial charge in [-0.3, -0.25) is 4.79 Å². The monoisotopic (exact) mass is 440 g/mol. The van der Waals surface area contributed by atoms with Crippen LogP contribution in [0.5, 0.6) is 0 Å². The van der Waals surface area contributed by atoms with E-state index in [-0.39, 0.29) is 5.56 Å². The van der Waals surface area contributed by atoms with Crippen LogP contribution in [0.4, 0.5) is 5.69 Å². The molecule has 0 unspecified atom stereocenters. The van der Waals surface area contributed by atoms with Crippen LogP contribution in [0.1, 0.15) is 38.6 Å². The molecule has 0 fully saturated rings. The molecule has 1 heterocycles. The normalized spacial score (nSPS) is 11.4. The third-order valence-corrected chi connectivity index (χ3v) is 5.19. The average molecular weight is 441 g/mol. The lowest BCUT2D eigenvalue weighted by atomic mass is 10.2. The molecule has 0 bridgehead atoms. The van der Waals surface area contributed by atoms with Gasteiger partial charge >= 0.3 is 0 Å². The fourth-order valence-electron chi connectivity index (χ4n) is 3.18. The standard InChI is InChI=1S/C22H25BrN4O/c1-4-7-21-25-20-13-10-17(23)14-19(20)22(28)27(21)24-15-16-8-11-18(12-9-16)26(5-2)6-3/h8-15H,4-7H2,1-3H3. The average Bonchev–Trinajstić information content (AvgIpc) is 2.70. The third kappa shape index (κ3) is 4.33. The molecule has 146 valence electrons. The molecule has 0 aliphatic heterocycles. The van der Waals surface area contributed by atoms with Crippen molar-refractivity contribution < 1.29 is 0 Å². The molecule has 0 aliphatic carbocycles. The summed E-state index contributed by atoms with van der Waals surface area (Å²) in [7, 11) is 0. The number of rotatable bonds is 7. The molecular formula is C22H25BrN4O. The van der Waals surface area contributed by atoms with E-state index in [1.54, 1.807) is 12.3 Å². The van der Waals surface area contributed by atoms with Crippen molar-refractivity contribution in [2.75, 3.05) is 18.0 Å². The van der Waals surface area contributed by atoms with Crippen molar-refractivity contribution in [3.8, 4) is 0 Å². The molecule has 0 saturated carbocycles. The van der Waals surface area contributed by atoms with E-state index in [1.165, 1.54) is 10.4 Å². The van der Waals surface area contributed by atoms with Gasteiger partial charge in [0.15, 0.2) is 0 Å². The summed E-state index contributed by atoms with van der Waals surface area (Å²) in [5.74, 6) is 0.679. The Balaban J connectivity index is 1.99. The van der Waals surface area contributed by atoms with E-state index in [9.17, 15) is 4.79 Å². The molecule has 0 N–H and O–H groups in total. The highest BCUT2D eigenvalue weighted by molar-refractivity contribution is 9.10. The molecule has 5 nitrogen and oxygen atoms in total. The maximum absolute atomic E-state index is 13.0.